The molecule has 0 atom stereocenters. The van der Waals surface area contributed by atoms with E-state index in [2.05, 4.69) is 27.4 Å². The largest absolute Gasteiger partial charge is 0.384 e. The van der Waals surface area contributed by atoms with Crippen molar-refractivity contribution in [2.45, 2.75) is 6.54 Å². The van der Waals surface area contributed by atoms with Crippen LogP contribution in [0.3, 0.4) is 0 Å². The number of halogens is 1. The van der Waals surface area contributed by atoms with Gasteiger partial charge >= 0.3 is 0 Å². The zero-order valence-electron chi connectivity index (χ0n) is 13.4. The molecule has 0 saturated carbocycles. The third-order valence-electron chi connectivity index (χ3n) is 3.50. The van der Waals surface area contributed by atoms with Crippen LogP contribution < -0.4 is 10.9 Å². The Balaban J connectivity index is 1.83. The number of aliphatic hydroxyl groups is 1. The first-order valence-corrected chi connectivity index (χ1v) is 7.98. The fourth-order valence-electron chi connectivity index (χ4n) is 2.23. The Morgan fingerprint density at radius 1 is 1.23 bits per heavy atom. The van der Waals surface area contributed by atoms with E-state index in [-0.39, 0.29) is 24.5 Å². The molecular formula is C18H13ClN4O3. The second kappa shape index (κ2) is 7.78. The quantitative estimate of drug-likeness (QED) is 0.673. The summed E-state index contributed by atoms with van der Waals surface area (Å²) in [5.41, 5.74) is 0.793. The van der Waals surface area contributed by atoms with Gasteiger partial charge < -0.3 is 10.4 Å². The lowest BCUT2D eigenvalue weighted by Gasteiger charge is -2.06. The van der Waals surface area contributed by atoms with Gasteiger partial charge in [0.25, 0.3) is 11.5 Å². The molecule has 8 heteroatoms. The lowest BCUT2D eigenvalue weighted by Crippen LogP contribution is -2.33. The van der Waals surface area contributed by atoms with Crippen LogP contribution in [-0.2, 0) is 6.54 Å². The van der Waals surface area contributed by atoms with Crippen LogP contribution in [0.4, 0.5) is 0 Å². The topological polar surface area (TPSA) is 96.6 Å². The maximum absolute atomic E-state index is 12.5. The minimum atomic E-state index is -0.615. The summed E-state index contributed by atoms with van der Waals surface area (Å²) in [6.45, 7) is -0.0358. The van der Waals surface area contributed by atoms with E-state index in [4.69, 9.17) is 16.7 Å². The van der Waals surface area contributed by atoms with Crippen molar-refractivity contribution in [1.29, 1.82) is 0 Å². The van der Waals surface area contributed by atoms with E-state index in [1.54, 1.807) is 36.4 Å². The molecule has 0 saturated heterocycles. The van der Waals surface area contributed by atoms with Gasteiger partial charge in [0, 0.05) is 23.3 Å². The highest BCUT2D eigenvalue weighted by atomic mass is 35.5. The molecule has 0 radical (unpaired) electrons. The van der Waals surface area contributed by atoms with Gasteiger partial charge in [0.2, 0.25) is 5.69 Å². The van der Waals surface area contributed by atoms with Crippen LogP contribution in [0.5, 0.6) is 0 Å². The molecule has 1 amide bonds. The van der Waals surface area contributed by atoms with Gasteiger partial charge in [-0.3, -0.25) is 14.0 Å². The smallest absolute Gasteiger partial charge is 0.289 e. The molecule has 2 aromatic heterocycles. The average molecular weight is 369 g/mol. The van der Waals surface area contributed by atoms with Crippen molar-refractivity contribution in [3.63, 3.8) is 0 Å². The predicted octanol–water partition coefficient (Wildman–Crippen LogP) is 1.02. The Hall–Kier alpha value is -3.21. The molecule has 0 fully saturated rings. The van der Waals surface area contributed by atoms with E-state index in [0.29, 0.717) is 10.6 Å². The summed E-state index contributed by atoms with van der Waals surface area (Å²) in [6, 6.07) is 10.1. The number of benzene rings is 1. The van der Waals surface area contributed by atoms with Gasteiger partial charge in [-0.1, -0.05) is 35.6 Å². The lowest BCUT2D eigenvalue weighted by molar-refractivity contribution is 0.0943. The van der Waals surface area contributed by atoms with Gasteiger partial charge in [-0.15, -0.1) is 10.2 Å². The summed E-state index contributed by atoms with van der Waals surface area (Å²) in [6.07, 6.45) is 1.46. The van der Waals surface area contributed by atoms with Gasteiger partial charge in [0.1, 0.15) is 6.61 Å². The van der Waals surface area contributed by atoms with Crippen molar-refractivity contribution in [3.8, 4) is 11.8 Å². The molecule has 0 spiro atoms. The van der Waals surface area contributed by atoms with Crippen molar-refractivity contribution >= 4 is 23.2 Å². The first-order valence-electron chi connectivity index (χ1n) is 7.60. The van der Waals surface area contributed by atoms with Gasteiger partial charge in [0.15, 0.2) is 5.65 Å². The predicted molar refractivity (Wildman–Crippen MR) is 95.8 cm³/mol. The number of hydrogen-bond acceptors (Lipinski definition) is 5. The number of nitrogens with zero attached hydrogens (tertiary/aromatic N) is 3. The molecule has 3 aromatic rings. The molecular weight excluding hydrogens is 356 g/mol. The third kappa shape index (κ3) is 3.88. The fourth-order valence-corrected chi connectivity index (χ4v) is 2.35. The van der Waals surface area contributed by atoms with Crippen molar-refractivity contribution in [2.75, 3.05) is 6.61 Å². The zero-order valence-corrected chi connectivity index (χ0v) is 14.2. The van der Waals surface area contributed by atoms with Crippen LogP contribution in [0.25, 0.3) is 5.65 Å². The maximum atomic E-state index is 12.5. The number of hydrogen-bond donors (Lipinski definition) is 2. The fraction of sp³-hybridized carbons (Fsp3) is 0.111. The first kappa shape index (κ1) is 17.6. The van der Waals surface area contributed by atoms with E-state index in [1.165, 1.54) is 10.6 Å². The van der Waals surface area contributed by atoms with E-state index in [0.717, 1.165) is 5.56 Å². The summed E-state index contributed by atoms with van der Waals surface area (Å²) in [5, 5.41) is 19.6. The van der Waals surface area contributed by atoms with Gasteiger partial charge in [-0.05, 0) is 29.8 Å². The zero-order chi connectivity index (χ0) is 18.5. The normalized spacial score (nSPS) is 10.2. The van der Waals surface area contributed by atoms with Crippen molar-refractivity contribution in [3.05, 3.63) is 74.8 Å². The molecule has 0 aliphatic carbocycles. The summed E-state index contributed by atoms with van der Waals surface area (Å²) in [4.78, 5) is 24.7. The van der Waals surface area contributed by atoms with Crippen LogP contribution >= 0.6 is 11.6 Å². The second-order valence-corrected chi connectivity index (χ2v) is 5.70. The number of pyridine rings is 1. The molecule has 0 unspecified atom stereocenters. The molecule has 0 aliphatic heterocycles. The van der Waals surface area contributed by atoms with Crippen LogP contribution in [0.1, 0.15) is 21.6 Å². The van der Waals surface area contributed by atoms with Crippen molar-refractivity contribution in [1.82, 2.24) is 19.9 Å². The molecule has 2 N–H and O–H groups in total. The monoisotopic (exact) mass is 368 g/mol. The van der Waals surface area contributed by atoms with E-state index < -0.39 is 11.5 Å². The van der Waals surface area contributed by atoms with Crippen molar-refractivity contribution in [2.24, 2.45) is 0 Å². The second-order valence-electron chi connectivity index (χ2n) is 5.27. The van der Waals surface area contributed by atoms with Crippen LogP contribution in [-0.4, -0.2) is 32.2 Å². The Kier molecular flexibility index (Phi) is 5.27. The summed E-state index contributed by atoms with van der Waals surface area (Å²) < 4.78 is 1.22. The Morgan fingerprint density at radius 2 is 2.00 bits per heavy atom. The van der Waals surface area contributed by atoms with Crippen LogP contribution in [0.2, 0.25) is 5.02 Å². The highest BCUT2D eigenvalue weighted by molar-refractivity contribution is 6.30. The number of nitrogens with one attached hydrogen (secondary N) is 1. The molecule has 2 heterocycles. The summed E-state index contributed by atoms with van der Waals surface area (Å²) in [5.74, 6) is 4.61. The molecule has 0 bridgehead atoms. The number of amides is 1. The number of carbonyl (C=O) groups excluding carboxylic acids is 1. The van der Waals surface area contributed by atoms with Gasteiger partial charge in [0.05, 0.1) is 0 Å². The van der Waals surface area contributed by atoms with Gasteiger partial charge in [-0.25, -0.2) is 0 Å². The standard InChI is InChI=1S/C18H13ClN4O3/c19-14-5-3-13(4-6-14)11-20-17(25)16-18(26)23-8-7-12(2-1-9-24)10-15(23)21-22-16/h3-8,10,24H,9,11H2,(H,20,25). The minimum absolute atomic E-state index is 0.232. The minimum Gasteiger partial charge on any atom is -0.384 e. The van der Waals surface area contributed by atoms with E-state index in [1.807, 2.05) is 0 Å². The molecule has 130 valence electrons. The Labute approximate surface area is 153 Å². The maximum Gasteiger partial charge on any atom is 0.289 e. The van der Waals surface area contributed by atoms with Gasteiger partial charge in [-0.2, -0.15) is 0 Å². The molecule has 26 heavy (non-hydrogen) atoms. The number of aromatic nitrogens is 3. The lowest BCUT2D eigenvalue weighted by atomic mass is 10.2. The average Bonchev–Trinajstić information content (AvgIpc) is 2.66. The summed E-state index contributed by atoms with van der Waals surface area (Å²) in [7, 11) is 0. The van der Waals surface area contributed by atoms with E-state index >= 15 is 0 Å². The summed E-state index contributed by atoms with van der Waals surface area (Å²) >= 11 is 5.82. The molecule has 1 aromatic carbocycles. The van der Waals surface area contributed by atoms with Crippen molar-refractivity contribution < 1.29 is 9.90 Å². The molecule has 0 aliphatic rings. The highest BCUT2D eigenvalue weighted by Crippen LogP contribution is 2.09. The SMILES string of the molecule is O=C(NCc1ccc(Cl)cc1)c1nnc2cc(C#CCO)ccn2c1=O. The van der Waals surface area contributed by atoms with Crippen LogP contribution in [0, 0.1) is 11.8 Å². The number of fused-ring (bicyclic) bond motifs is 1. The van der Waals surface area contributed by atoms with E-state index in [9.17, 15) is 9.59 Å². The highest BCUT2D eigenvalue weighted by Gasteiger charge is 2.15. The number of rotatable bonds is 3. The molecule has 7 nitrogen and oxygen atoms in total. The third-order valence-corrected chi connectivity index (χ3v) is 3.75. The number of carbonyl (C=O) groups is 1. The Bertz CT molecular complexity index is 1080. The first-order chi connectivity index (χ1) is 12.6. The van der Waals surface area contributed by atoms with Crippen LogP contribution in [0.15, 0.2) is 47.4 Å². The Morgan fingerprint density at radius 3 is 2.73 bits per heavy atom. The molecule has 3 rings (SSSR count). The number of aliphatic hydroxyl groups excluding tert-OH is 1.